The number of benzene rings is 3. The number of fused-ring (bicyclic) bond motifs is 1. The molecule has 45 heavy (non-hydrogen) atoms. The molecule has 0 aliphatic carbocycles. The van der Waals surface area contributed by atoms with E-state index in [-0.39, 0.29) is 56.5 Å². The van der Waals surface area contributed by atoms with E-state index in [1.807, 2.05) is 24.3 Å². The highest BCUT2D eigenvalue weighted by Crippen LogP contribution is 2.36. The van der Waals surface area contributed by atoms with Crippen molar-refractivity contribution in [2.24, 2.45) is 0 Å². The number of ether oxygens (including phenoxy) is 3. The molecular weight excluding hydrogens is 576 g/mol. The Morgan fingerprint density at radius 1 is 0.978 bits per heavy atom. The summed E-state index contributed by atoms with van der Waals surface area (Å²) in [6.45, 7) is 2.27. The number of amides is 2. The number of para-hydroxylation sites is 3. The maximum Gasteiger partial charge on any atom is 0.286 e. The summed E-state index contributed by atoms with van der Waals surface area (Å²) in [5.74, 6) is -1.02. The molecular formula is C34H36N4O7. The molecule has 11 heteroatoms. The van der Waals surface area contributed by atoms with Crippen molar-refractivity contribution in [3.8, 4) is 0 Å². The number of nitrogen functional groups attached to an aromatic ring is 1. The highest BCUT2D eigenvalue weighted by molar-refractivity contribution is 6.05. The molecule has 234 valence electrons. The molecule has 0 radical (unpaired) electrons. The third kappa shape index (κ3) is 7.76. The minimum atomic E-state index is -0.741. The summed E-state index contributed by atoms with van der Waals surface area (Å²) in [6.07, 6.45) is 3.24. The lowest BCUT2D eigenvalue weighted by molar-refractivity contribution is -0.151. The number of aliphatic hydroxyl groups excluding tert-OH is 1. The molecule has 2 atom stereocenters. The van der Waals surface area contributed by atoms with Crippen LogP contribution in [-0.2, 0) is 25.5 Å². The van der Waals surface area contributed by atoms with Crippen LogP contribution in [0, 0.1) is 0 Å². The first-order chi connectivity index (χ1) is 21.8. The van der Waals surface area contributed by atoms with Crippen LogP contribution in [-0.4, -0.2) is 60.1 Å². The molecule has 1 aromatic heterocycles. The van der Waals surface area contributed by atoms with E-state index in [1.54, 1.807) is 65.4 Å². The molecule has 0 saturated heterocycles. The summed E-state index contributed by atoms with van der Waals surface area (Å²) in [6, 6.07) is 21.5. The molecule has 0 spiro atoms. The number of nitrogens with zero attached hydrogens (tertiary/aromatic N) is 1. The Hall–Kier alpha value is -4.97. The molecule has 0 unspecified atom stereocenters. The summed E-state index contributed by atoms with van der Waals surface area (Å²) < 4.78 is 18.8. The van der Waals surface area contributed by atoms with E-state index in [9.17, 15) is 14.4 Å². The van der Waals surface area contributed by atoms with E-state index >= 15 is 0 Å². The monoisotopic (exact) mass is 612 g/mol. The molecule has 11 nitrogen and oxygen atoms in total. The summed E-state index contributed by atoms with van der Waals surface area (Å²) in [5, 5.41) is 15.5. The number of nitrogens with one attached hydrogen (secondary N) is 2. The molecule has 0 bridgehead atoms. The number of aliphatic hydroxyl groups is 1. The Kier molecular flexibility index (Phi) is 10.3. The van der Waals surface area contributed by atoms with Crippen molar-refractivity contribution in [2.45, 2.75) is 32.1 Å². The molecule has 0 fully saturated rings. The van der Waals surface area contributed by atoms with Crippen LogP contribution in [0.3, 0.4) is 0 Å². The quantitative estimate of drug-likeness (QED) is 0.137. The fourth-order valence-electron chi connectivity index (χ4n) is 5.15. The lowest BCUT2D eigenvalue weighted by Crippen LogP contribution is -2.33. The van der Waals surface area contributed by atoms with Gasteiger partial charge in [-0.05, 0) is 47.5 Å². The summed E-state index contributed by atoms with van der Waals surface area (Å²) >= 11 is 0. The first-order valence-corrected chi connectivity index (χ1v) is 14.7. The Balaban J connectivity index is 1.29. The van der Waals surface area contributed by atoms with Gasteiger partial charge in [0.05, 0.1) is 43.3 Å². The molecule has 4 aromatic rings. The van der Waals surface area contributed by atoms with Crippen LogP contribution in [0.1, 0.15) is 45.5 Å². The predicted molar refractivity (Wildman–Crippen MR) is 170 cm³/mol. The van der Waals surface area contributed by atoms with E-state index in [0.717, 1.165) is 22.0 Å². The van der Waals surface area contributed by atoms with Crippen molar-refractivity contribution in [3.05, 3.63) is 108 Å². The zero-order valence-corrected chi connectivity index (χ0v) is 24.9. The third-order valence-corrected chi connectivity index (χ3v) is 7.41. The summed E-state index contributed by atoms with van der Waals surface area (Å²) in [7, 11) is 0. The number of rotatable bonds is 12. The average Bonchev–Trinajstić information content (AvgIpc) is 3.45. The number of carbonyl (C=O) groups excluding carboxylic acids is 3. The number of anilines is 2. The predicted octanol–water partition coefficient (Wildman–Crippen LogP) is 4.19. The van der Waals surface area contributed by atoms with E-state index in [1.165, 1.54) is 6.92 Å². The van der Waals surface area contributed by atoms with Crippen molar-refractivity contribution < 1.29 is 33.7 Å². The van der Waals surface area contributed by atoms with Gasteiger partial charge >= 0.3 is 0 Å². The molecule has 2 amide bonds. The van der Waals surface area contributed by atoms with Gasteiger partial charge in [0.15, 0.2) is 5.76 Å². The van der Waals surface area contributed by atoms with Gasteiger partial charge in [-0.15, -0.1) is 0 Å². The van der Waals surface area contributed by atoms with Crippen molar-refractivity contribution in [1.29, 1.82) is 0 Å². The Bertz CT molecular complexity index is 1700. The SMILES string of the molecule is CC(=O)n1cc([C@H]2C=C(C(=O)NCc3ccc(C(=O)Nc4ccccc4N)cc3)O[C@@H](OCCOCCO)C2)c2ccccc21. The number of allylic oxidation sites excluding steroid dienone is 1. The van der Waals surface area contributed by atoms with Crippen LogP contribution in [0.2, 0.25) is 0 Å². The second-order valence-electron chi connectivity index (χ2n) is 10.5. The van der Waals surface area contributed by atoms with Crippen molar-refractivity contribution in [3.63, 3.8) is 0 Å². The number of hydrogen-bond donors (Lipinski definition) is 4. The lowest BCUT2D eigenvalue weighted by atomic mass is 9.92. The van der Waals surface area contributed by atoms with Crippen LogP contribution in [0.4, 0.5) is 11.4 Å². The standard InChI is InChI=1S/C34H36N4O7/c1-22(40)38-21-27(26-6-2-5-9-30(26)38)25-18-31(45-32(19-25)44-17-16-43-15-14-39)34(42)36-20-23-10-12-24(13-11-23)33(41)37-29-8-4-3-7-28(29)35/h2-13,18,21,25,32,39H,14-17,19-20,35H2,1H3,(H,36,42)(H,37,41)/t25-,32+/m0/s1. The fraction of sp³-hybridized carbons (Fsp3) is 0.265. The van der Waals surface area contributed by atoms with Crippen LogP contribution < -0.4 is 16.4 Å². The first-order valence-electron chi connectivity index (χ1n) is 14.7. The summed E-state index contributed by atoms with van der Waals surface area (Å²) in [5.41, 5.74) is 9.82. The van der Waals surface area contributed by atoms with E-state index in [0.29, 0.717) is 23.4 Å². The molecule has 2 heterocycles. The van der Waals surface area contributed by atoms with Gasteiger partial charge in [-0.3, -0.25) is 19.0 Å². The highest BCUT2D eigenvalue weighted by atomic mass is 16.7. The number of carbonyl (C=O) groups is 3. The van der Waals surface area contributed by atoms with Crippen molar-refractivity contribution in [1.82, 2.24) is 9.88 Å². The minimum absolute atomic E-state index is 0.0893. The zero-order valence-electron chi connectivity index (χ0n) is 24.9. The average molecular weight is 613 g/mol. The molecule has 5 N–H and O–H groups in total. The topological polar surface area (TPSA) is 154 Å². The van der Waals surface area contributed by atoms with Gasteiger partial charge < -0.3 is 35.7 Å². The number of hydrogen-bond acceptors (Lipinski definition) is 8. The smallest absolute Gasteiger partial charge is 0.286 e. The zero-order chi connectivity index (χ0) is 31.8. The van der Waals surface area contributed by atoms with Gasteiger partial charge in [-0.2, -0.15) is 0 Å². The normalized spacial score (nSPS) is 16.1. The van der Waals surface area contributed by atoms with Crippen LogP contribution >= 0.6 is 0 Å². The van der Waals surface area contributed by atoms with Crippen molar-refractivity contribution in [2.75, 3.05) is 37.5 Å². The van der Waals surface area contributed by atoms with E-state index in [2.05, 4.69) is 10.6 Å². The van der Waals surface area contributed by atoms with Gasteiger partial charge in [-0.25, -0.2) is 0 Å². The number of nitrogens with two attached hydrogens (primary N) is 1. The maximum atomic E-state index is 13.3. The lowest BCUT2D eigenvalue weighted by Gasteiger charge is -2.29. The first kappa shape index (κ1) is 31.5. The van der Waals surface area contributed by atoms with Crippen LogP contribution in [0.15, 0.2) is 90.8 Å². The minimum Gasteiger partial charge on any atom is -0.459 e. The van der Waals surface area contributed by atoms with E-state index < -0.39 is 12.2 Å². The van der Waals surface area contributed by atoms with Crippen LogP contribution in [0.25, 0.3) is 10.9 Å². The summed E-state index contributed by atoms with van der Waals surface area (Å²) in [4.78, 5) is 38.4. The maximum absolute atomic E-state index is 13.3. The molecule has 0 saturated carbocycles. The molecule has 1 aliphatic heterocycles. The molecule has 1 aliphatic rings. The Labute approximate surface area is 260 Å². The fourth-order valence-corrected chi connectivity index (χ4v) is 5.15. The van der Waals surface area contributed by atoms with Gasteiger partial charge in [0.1, 0.15) is 0 Å². The Morgan fingerprint density at radius 2 is 1.73 bits per heavy atom. The van der Waals surface area contributed by atoms with Gasteiger partial charge in [0.2, 0.25) is 12.2 Å². The number of aromatic nitrogens is 1. The third-order valence-electron chi connectivity index (χ3n) is 7.41. The van der Waals surface area contributed by atoms with E-state index in [4.69, 9.17) is 25.1 Å². The highest BCUT2D eigenvalue weighted by Gasteiger charge is 2.30. The Morgan fingerprint density at radius 3 is 2.49 bits per heavy atom. The van der Waals surface area contributed by atoms with Crippen LogP contribution in [0.5, 0.6) is 0 Å². The molecule has 5 rings (SSSR count). The van der Waals surface area contributed by atoms with Gasteiger partial charge in [0, 0.05) is 43.0 Å². The second kappa shape index (κ2) is 14.7. The van der Waals surface area contributed by atoms with Gasteiger partial charge in [0.25, 0.3) is 11.8 Å². The van der Waals surface area contributed by atoms with Gasteiger partial charge in [-0.1, -0.05) is 42.5 Å². The second-order valence-corrected chi connectivity index (χ2v) is 10.5. The largest absolute Gasteiger partial charge is 0.459 e. The van der Waals surface area contributed by atoms with Crippen molar-refractivity contribution >= 4 is 40.0 Å². The molecule has 3 aromatic carbocycles.